The highest BCUT2D eigenvalue weighted by Crippen LogP contribution is 2.27. The Kier molecular flexibility index (Phi) is 5.35. The van der Waals surface area contributed by atoms with Gasteiger partial charge in [0.05, 0.1) is 5.69 Å². The van der Waals surface area contributed by atoms with Crippen molar-refractivity contribution < 1.29 is 14.3 Å². The third kappa shape index (κ3) is 4.50. The summed E-state index contributed by atoms with van der Waals surface area (Å²) >= 11 is 1.37. The number of amides is 1. The van der Waals surface area contributed by atoms with E-state index in [1.807, 2.05) is 23.6 Å². The van der Waals surface area contributed by atoms with Gasteiger partial charge in [-0.05, 0) is 48.0 Å². The number of ketones is 1. The quantitative estimate of drug-likeness (QED) is 0.451. The van der Waals surface area contributed by atoms with Gasteiger partial charge in [-0.15, -0.1) is 11.3 Å². The Hall–Kier alpha value is -3.51. The first kappa shape index (κ1) is 18.8. The molecular formula is C23H18N2O3S. The summed E-state index contributed by atoms with van der Waals surface area (Å²) in [5, 5.41) is 7.52. The number of nitrogens with zero attached hydrogens (tertiary/aromatic N) is 1. The first-order valence-corrected chi connectivity index (χ1v) is 9.95. The molecule has 0 atom stereocenters. The second-order valence-electron chi connectivity index (χ2n) is 6.52. The van der Waals surface area contributed by atoms with Crippen LogP contribution < -0.4 is 10.1 Å². The third-order valence-electron chi connectivity index (χ3n) is 4.43. The fraction of sp³-hybridized carbons (Fsp3) is 0.0870. The molecule has 0 aliphatic carbocycles. The minimum absolute atomic E-state index is 0.0136. The number of aromatic nitrogens is 1. The summed E-state index contributed by atoms with van der Waals surface area (Å²) in [7, 11) is 0. The molecule has 29 heavy (non-hydrogen) atoms. The molecule has 0 fully saturated rings. The number of hydrogen-bond acceptors (Lipinski definition) is 5. The van der Waals surface area contributed by atoms with Crippen LogP contribution in [0.2, 0.25) is 0 Å². The van der Waals surface area contributed by atoms with Gasteiger partial charge >= 0.3 is 0 Å². The maximum Gasteiger partial charge on any atom is 0.264 e. The number of Topliss-reactive ketones (excluding diaryl/α,β-unsaturated/α-hetero) is 1. The predicted octanol–water partition coefficient (Wildman–Crippen LogP) is 5.18. The summed E-state index contributed by atoms with van der Waals surface area (Å²) < 4.78 is 5.47. The molecule has 3 aromatic carbocycles. The molecule has 4 aromatic rings. The Labute approximate surface area is 172 Å². The Morgan fingerprint density at radius 1 is 1.00 bits per heavy atom. The zero-order chi connectivity index (χ0) is 20.2. The van der Waals surface area contributed by atoms with E-state index in [-0.39, 0.29) is 18.3 Å². The lowest BCUT2D eigenvalue weighted by atomic mass is 10.1. The van der Waals surface area contributed by atoms with Gasteiger partial charge in [-0.3, -0.25) is 14.9 Å². The SMILES string of the molecule is CC(=O)c1ccc(OCC(=O)Nc2nc(-c3ccc4ccccc4c3)cs2)cc1. The molecule has 1 heterocycles. The Morgan fingerprint density at radius 3 is 2.52 bits per heavy atom. The zero-order valence-electron chi connectivity index (χ0n) is 15.7. The summed E-state index contributed by atoms with van der Waals surface area (Å²) in [6.07, 6.45) is 0. The number of thiazole rings is 1. The van der Waals surface area contributed by atoms with Crippen LogP contribution >= 0.6 is 11.3 Å². The molecule has 6 heteroatoms. The normalized spacial score (nSPS) is 10.7. The van der Waals surface area contributed by atoms with E-state index in [0.717, 1.165) is 16.6 Å². The average molecular weight is 402 g/mol. The van der Waals surface area contributed by atoms with Crippen LogP contribution in [-0.2, 0) is 4.79 Å². The van der Waals surface area contributed by atoms with E-state index in [2.05, 4.69) is 34.6 Å². The van der Waals surface area contributed by atoms with Crippen molar-refractivity contribution in [1.82, 2.24) is 4.98 Å². The number of carbonyl (C=O) groups excluding carboxylic acids is 2. The monoisotopic (exact) mass is 402 g/mol. The van der Waals surface area contributed by atoms with Gasteiger partial charge < -0.3 is 4.74 Å². The Morgan fingerprint density at radius 2 is 1.76 bits per heavy atom. The second kappa shape index (κ2) is 8.24. The molecule has 4 rings (SSSR count). The van der Waals surface area contributed by atoms with E-state index < -0.39 is 0 Å². The summed E-state index contributed by atoms with van der Waals surface area (Å²) in [6, 6.07) is 21.0. The maximum atomic E-state index is 12.2. The highest BCUT2D eigenvalue weighted by Gasteiger charge is 2.10. The number of fused-ring (bicyclic) bond motifs is 1. The Bertz CT molecular complexity index is 1180. The lowest BCUT2D eigenvalue weighted by Crippen LogP contribution is -2.20. The lowest BCUT2D eigenvalue weighted by molar-refractivity contribution is -0.118. The molecule has 0 aliphatic rings. The van der Waals surface area contributed by atoms with Crippen LogP contribution in [0.1, 0.15) is 17.3 Å². The molecule has 144 valence electrons. The number of ether oxygens (including phenoxy) is 1. The van der Waals surface area contributed by atoms with Gasteiger partial charge in [-0.2, -0.15) is 0 Å². The number of carbonyl (C=O) groups is 2. The van der Waals surface area contributed by atoms with Crippen molar-refractivity contribution in [2.24, 2.45) is 0 Å². The topological polar surface area (TPSA) is 68.3 Å². The van der Waals surface area contributed by atoms with Gasteiger partial charge in [-0.1, -0.05) is 36.4 Å². The van der Waals surface area contributed by atoms with Crippen molar-refractivity contribution >= 4 is 38.9 Å². The largest absolute Gasteiger partial charge is 0.484 e. The lowest BCUT2D eigenvalue weighted by Gasteiger charge is -2.06. The van der Waals surface area contributed by atoms with Gasteiger partial charge in [0.1, 0.15) is 5.75 Å². The molecule has 0 radical (unpaired) electrons. The zero-order valence-corrected chi connectivity index (χ0v) is 16.5. The fourth-order valence-corrected chi connectivity index (χ4v) is 3.64. The molecule has 0 bridgehead atoms. The molecule has 0 spiro atoms. The molecule has 0 unspecified atom stereocenters. The predicted molar refractivity (Wildman–Crippen MR) is 116 cm³/mol. The van der Waals surface area contributed by atoms with Gasteiger partial charge in [-0.25, -0.2) is 4.98 Å². The molecule has 1 aromatic heterocycles. The minimum Gasteiger partial charge on any atom is -0.484 e. The molecular weight excluding hydrogens is 384 g/mol. The van der Waals surface area contributed by atoms with Crippen LogP contribution in [0.4, 0.5) is 5.13 Å². The van der Waals surface area contributed by atoms with Crippen molar-refractivity contribution in [3.05, 3.63) is 77.7 Å². The summed E-state index contributed by atoms with van der Waals surface area (Å²) in [4.78, 5) is 27.9. The van der Waals surface area contributed by atoms with E-state index in [1.54, 1.807) is 24.3 Å². The number of hydrogen-bond donors (Lipinski definition) is 1. The number of benzene rings is 3. The van der Waals surface area contributed by atoms with E-state index in [4.69, 9.17) is 4.74 Å². The van der Waals surface area contributed by atoms with Crippen LogP contribution in [-0.4, -0.2) is 23.3 Å². The van der Waals surface area contributed by atoms with Gasteiger partial charge in [0.25, 0.3) is 5.91 Å². The highest BCUT2D eigenvalue weighted by atomic mass is 32.1. The van der Waals surface area contributed by atoms with Gasteiger partial charge in [0.2, 0.25) is 0 Å². The molecule has 0 saturated heterocycles. The van der Waals surface area contributed by atoms with Crippen molar-refractivity contribution in [2.45, 2.75) is 6.92 Å². The molecule has 0 saturated carbocycles. The van der Waals surface area contributed by atoms with Gasteiger partial charge in [0, 0.05) is 16.5 Å². The average Bonchev–Trinajstić information content (AvgIpc) is 3.20. The standard InChI is InChI=1S/C23H18N2O3S/c1-15(26)16-8-10-20(11-9-16)28-13-22(27)25-23-24-21(14-29-23)19-7-6-17-4-2-3-5-18(17)12-19/h2-12,14H,13H2,1H3,(H,24,25,27). The first-order valence-electron chi connectivity index (χ1n) is 9.07. The minimum atomic E-state index is -0.292. The highest BCUT2D eigenvalue weighted by molar-refractivity contribution is 7.14. The van der Waals surface area contributed by atoms with E-state index >= 15 is 0 Å². The summed E-state index contributed by atoms with van der Waals surface area (Å²) in [5.41, 5.74) is 2.42. The van der Waals surface area contributed by atoms with Crippen LogP contribution in [0.5, 0.6) is 5.75 Å². The number of nitrogens with one attached hydrogen (secondary N) is 1. The second-order valence-corrected chi connectivity index (χ2v) is 7.38. The van der Waals surface area contributed by atoms with Crippen LogP contribution in [0.25, 0.3) is 22.0 Å². The van der Waals surface area contributed by atoms with Crippen molar-refractivity contribution in [2.75, 3.05) is 11.9 Å². The van der Waals surface area contributed by atoms with Crippen molar-refractivity contribution in [3.8, 4) is 17.0 Å². The maximum absolute atomic E-state index is 12.2. The van der Waals surface area contributed by atoms with Crippen molar-refractivity contribution in [1.29, 1.82) is 0 Å². The third-order valence-corrected chi connectivity index (χ3v) is 5.18. The smallest absolute Gasteiger partial charge is 0.264 e. The van der Waals surface area contributed by atoms with E-state index in [0.29, 0.717) is 16.4 Å². The van der Waals surface area contributed by atoms with Crippen molar-refractivity contribution in [3.63, 3.8) is 0 Å². The Balaban J connectivity index is 1.37. The molecule has 5 nitrogen and oxygen atoms in total. The van der Waals surface area contributed by atoms with E-state index in [1.165, 1.54) is 23.6 Å². The van der Waals surface area contributed by atoms with E-state index in [9.17, 15) is 9.59 Å². The first-order chi connectivity index (χ1) is 14.1. The van der Waals surface area contributed by atoms with Crippen LogP contribution in [0.15, 0.2) is 72.1 Å². The molecule has 1 N–H and O–H groups in total. The summed E-state index contributed by atoms with van der Waals surface area (Å²) in [5.74, 6) is 0.224. The van der Waals surface area contributed by atoms with Crippen LogP contribution in [0, 0.1) is 0 Å². The number of rotatable bonds is 6. The van der Waals surface area contributed by atoms with Gasteiger partial charge in [0.15, 0.2) is 17.5 Å². The fourth-order valence-electron chi connectivity index (χ4n) is 2.90. The number of anilines is 1. The summed E-state index contributed by atoms with van der Waals surface area (Å²) in [6.45, 7) is 1.37. The molecule has 1 amide bonds. The molecule has 0 aliphatic heterocycles. The van der Waals surface area contributed by atoms with Crippen LogP contribution in [0.3, 0.4) is 0 Å².